The maximum Gasteiger partial charge on any atom is 0.132 e. The van der Waals surface area contributed by atoms with E-state index in [1.165, 1.54) is 5.56 Å². The molecule has 0 unspecified atom stereocenters. The van der Waals surface area contributed by atoms with Gasteiger partial charge in [0.1, 0.15) is 11.6 Å². The van der Waals surface area contributed by atoms with E-state index < -0.39 is 0 Å². The van der Waals surface area contributed by atoms with Gasteiger partial charge in [-0.15, -0.1) is 0 Å². The quantitative estimate of drug-likeness (QED) is 0.848. The first-order valence-corrected chi connectivity index (χ1v) is 7.48. The molecule has 0 aromatic carbocycles. The van der Waals surface area contributed by atoms with Crippen LogP contribution < -0.4 is 4.90 Å². The van der Waals surface area contributed by atoms with Gasteiger partial charge in [-0.05, 0) is 19.3 Å². The minimum absolute atomic E-state index is 0.424. The van der Waals surface area contributed by atoms with Crippen molar-refractivity contribution in [3.63, 3.8) is 0 Å². The van der Waals surface area contributed by atoms with Gasteiger partial charge in [-0.1, -0.05) is 20.8 Å². The van der Waals surface area contributed by atoms with Crippen LogP contribution in [0.15, 0.2) is 12.3 Å². The molecule has 5 nitrogen and oxygen atoms in total. The van der Waals surface area contributed by atoms with Gasteiger partial charge >= 0.3 is 0 Å². The van der Waals surface area contributed by atoms with Crippen molar-refractivity contribution in [2.24, 2.45) is 7.05 Å². The molecule has 0 aliphatic rings. The monoisotopic (exact) mass is 287 g/mol. The molecule has 2 aromatic heterocycles. The Morgan fingerprint density at radius 2 is 2.00 bits per heavy atom. The van der Waals surface area contributed by atoms with Gasteiger partial charge in [0, 0.05) is 44.2 Å². The molecular formula is C16H25N5. The predicted octanol–water partition coefficient (Wildman–Crippen LogP) is 2.84. The average Bonchev–Trinajstić information content (AvgIpc) is 2.79. The standard InChI is InChI=1S/C16H25N5/c1-7-14-8-15(18-12(4)17-14)20(5)9-13-10-21(6)19-16(13)11(2)3/h8,10-11H,7,9H2,1-6H3. The van der Waals surface area contributed by atoms with E-state index in [-0.39, 0.29) is 0 Å². The highest BCUT2D eigenvalue weighted by Crippen LogP contribution is 2.21. The normalized spacial score (nSPS) is 11.2. The maximum absolute atomic E-state index is 4.57. The van der Waals surface area contributed by atoms with Crippen molar-refractivity contribution in [3.05, 3.63) is 35.0 Å². The number of hydrogen-bond acceptors (Lipinski definition) is 4. The molecule has 0 aliphatic heterocycles. The third kappa shape index (κ3) is 3.60. The van der Waals surface area contributed by atoms with Crippen LogP contribution in [0, 0.1) is 6.92 Å². The van der Waals surface area contributed by atoms with Crippen molar-refractivity contribution >= 4 is 5.82 Å². The van der Waals surface area contributed by atoms with Gasteiger partial charge in [-0.25, -0.2) is 9.97 Å². The lowest BCUT2D eigenvalue weighted by atomic mass is 10.1. The van der Waals surface area contributed by atoms with Crippen LogP contribution >= 0.6 is 0 Å². The van der Waals surface area contributed by atoms with Gasteiger partial charge in [-0.3, -0.25) is 4.68 Å². The summed E-state index contributed by atoms with van der Waals surface area (Å²) in [5.74, 6) is 2.22. The number of rotatable bonds is 5. The third-order valence-electron chi connectivity index (χ3n) is 3.52. The van der Waals surface area contributed by atoms with Crippen molar-refractivity contribution in [1.82, 2.24) is 19.7 Å². The lowest BCUT2D eigenvalue weighted by molar-refractivity contribution is 0.711. The Bertz CT molecular complexity index is 615. The molecule has 2 rings (SSSR count). The summed E-state index contributed by atoms with van der Waals surface area (Å²) in [7, 11) is 4.04. The fourth-order valence-electron chi connectivity index (χ4n) is 2.49. The fourth-order valence-corrected chi connectivity index (χ4v) is 2.49. The summed E-state index contributed by atoms with van der Waals surface area (Å²) in [6, 6.07) is 2.07. The molecule has 21 heavy (non-hydrogen) atoms. The van der Waals surface area contributed by atoms with Crippen LogP contribution in [0.5, 0.6) is 0 Å². The molecule has 0 bridgehead atoms. The molecule has 2 aromatic rings. The van der Waals surface area contributed by atoms with E-state index in [0.29, 0.717) is 5.92 Å². The van der Waals surface area contributed by atoms with Crippen molar-refractivity contribution < 1.29 is 0 Å². The number of anilines is 1. The first-order chi connectivity index (χ1) is 9.90. The Hall–Kier alpha value is -1.91. The summed E-state index contributed by atoms with van der Waals surface area (Å²) < 4.78 is 1.89. The van der Waals surface area contributed by atoms with E-state index in [1.54, 1.807) is 0 Å². The Labute approximate surface area is 127 Å². The molecule has 114 valence electrons. The molecule has 0 aliphatic carbocycles. The van der Waals surface area contributed by atoms with Crippen molar-refractivity contribution in [1.29, 1.82) is 0 Å². The van der Waals surface area contributed by atoms with Gasteiger partial charge in [0.2, 0.25) is 0 Å². The minimum Gasteiger partial charge on any atom is -0.355 e. The Morgan fingerprint density at radius 1 is 1.29 bits per heavy atom. The molecule has 0 saturated carbocycles. The summed E-state index contributed by atoms with van der Waals surface area (Å²) in [5, 5.41) is 4.57. The Morgan fingerprint density at radius 3 is 2.62 bits per heavy atom. The molecule has 0 amide bonds. The van der Waals surface area contributed by atoms with Crippen LogP contribution in [-0.2, 0) is 20.0 Å². The van der Waals surface area contributed by atoms with Gasteiger partial charge in [0.05, 0.1) is 5.69 Å². The third-order valence-corrected chi connectivity index (χ3v) is 3.52. The second kappa shape index (κ2) is 6.24. The van der Waals surface area contributed by atoms with Gasteiger partial charge in [-0.2, -0.15) is 5.10 Å². The van der Waals surface area contributed by atoms with E-state index in [1.807, 2.05) is 18.7 Å². The fraction of sp³-hybridized carbons (Fsp3) is 0.562. The minimum atomic E-state index is 0.424. The molecule has 0 N–H and O–H groups in total. The van der Waals surface area contributed by atoms with Crippen LogP contribution in [0.25, 0.3) is 0 Å². The van der Waals surface area contributed by atoms with E-state index in [2.05, 4.69) is 60.0 Å². The molecular weight excluding hydrogens is 262 g/mol. The molecule has 2 heterocycles. The largest absolute Gasteiger partial charge is 0.355 e. The van der Waals surface area contributed by atoms with E-state index in [4.69, 9.17) is 0 Å². The van der Waals surface area contributed by atoms with Gasteiger partial charge < -0.3 is 4.90 Å². The van der Waals surface area contributed by atoms with Gasteiger partial charge in [0.25, 0.3) is 0 Å². The summed E-state index contributed by atoms with van der Waals surface area (Å²) in [6.45, 7) is 9.22. The van der Waals surface area contributed by atoms with Crippen LogP contribution in [0.3, 0.4) is 0 Å². The molecule has 0 fully saturated rings. The smallest absolute Gasteiger partial charge is 0.132 e. The molecule has 0 saturated heterocycles. The highest BCUT2D eigenvalue weighted by molar-refractivity contribution is 5.40. The zero-order valence-corrected chi connectivity index (χ0v) is 13.9. The number of aryl methyl sites for hydroxylation is 3. The molecule has 0 spiro atoms. The second-order valence-corrected chi connectivity index (χ2v) is 5.84. The zero-order chi connectivity index (χ0) is 15.6. The predicted molar refractivity (Wildman–Crippen MR) is 85.6 cm³/mol. The second-order valence-electron chi connectivity index (χ2n) is 5.84. The first kappa shape index (κ1) is 15.5. The average molecular weight is 287 g/mol. The Kier molecular flexibility index (Phi) is 4.60. The van der Waals surface area contributed by atoms with Crippen LogP contribution in [0.1, 0.15) is 49.5 Å². The van der Waals surface area contributed by atoms with E-state index in [9.17, 15) is 0 Å². The highest BCUT2D eigenvalue weighted by atomic mass is 15.3. The van der Waals surface area contributed by atoms with Crippen LogP contribution in [0.2, 0.25) is 0 Å². The lowest BCUT2D eigenvalue weighted by Gasteiger charge is -2.19. The van der Waals surface area contributed by atoms with Crippen molar-refractivity contribution in [3.8, 4) is 0 Å². The molecule has 5 heteroatoms. The summed E-state index contributed by atoms with van der Waals surface area (Å²) in [5.41, 5.74) is 3.50. The Balaban J connectivity index is 2.25. The van der Waals surface area contributed by atoms with E-state index >= 15 is 0 Å². The summed E-state index contributed by atoms with van der Waals surface area (Å²) in [4.78, 5) is 11.1. The van der Waals surface area contributed by atoms with Crippen LogP contribution in [0.4, 0.5) is 5.82 Å². The summed E-state index contributed by atoms with van der Waals surface area (Å²) >= 11 is 0. The van der Waals surface area contributed by atoms with Gasteiger partial charge in [0.15, 0.2) is 0 Å². The van der Waals surface area contributed by atoms with E-state index in [0.717, 1.165) is 36.0 Å². The lowest BCUT2D eigenvalue weighted by Crippen LogP contribution is -2.19. The SMILES string of the molecule is CCc1cc(N(C)Cc2cn(C)nc2C(C)C)nc(C)n1. The highest BCUT2D eigenvalue weighted by Gasteiger charge is 2.14. The number of nitrogens with zero attached hydrogens (tertiary/aromatic N) is 5. The zero-order valence-electron chi connectivity index (χ0n) is 13.9. The topological polar surface area (TPSA) is 46.8 Å². The van der Waals surface area contributed by atoms with Crippen molar-refractivity contribution in [2.75, 3.05) is 11.9 Å². The molecule has 0 atom stereocenters. The van der Waals surface area contributed by atoms with Crippen molar-refractivity contribution in [2.45, 2.75) is 46.6 Å². The number of hydrogen-bond donors (Lipinski definition) is 0. The first-order valence-electron chi connectivity index (χ1n) is 7.48. The maximum atomic E-state index is 4.57. The molecule has 0 radical (unpaired) electrons. The summed E-state index contributed by atoms with van der Waals surface area (Å²) in [6.07, 6.45) is 3.02. The van der Waals surface area contributed by atoms with Crippen LogP contribution in [-0.4, -0.2) is 26.8 Å². The number of aromatic nitrogens is 4.